The number of rotatable bonds is 19. The summed E-state index contributed by atoms with van der Waals surface area (Å²) < 4.78 is 5.66. The van der Waals surface area contributed by atoms with E-state index >= 15 is 0 Å². The highest BCUT2D eigenvalue weighted by Crippen LogP contribution is 2.41. The third-order valence-corrected chi connectivity index (χ3v) is 8.33. The van der Waals surface area contributed by atoms with Gasteiger partial charge in [0, 0.05) is 18.9 Å². The Morgan fingerprint density at radius 1 is 1.14 bits per heavy atom. The van der Waals surface area contributed by atoms with Crippen LogP contribution in [0, 0.1) is 23.2 Å². The minimum atomic E-state index is -1.44. The lowest BCUT2D eigenvalue weighted by Crippen LogP contribution is -2.55. The van der Waals surface area contributed by atoms with Crippen molar-refractivity contribution in [2.75, 3.05) is 6.61 Å². The molecule has 1 aromatic rings. The van der Waals surface area contributed by atoms with Crippen molar-refractivity contribution in [3.05, 3.63) is 42.0 Å². The Balaban J connectivity index is 2.49. The number of Topliss-reactive ketones (excluding diaryl/α,β-unsaturated/α-hetero) is 1. The zero-order valence-corrected chi connectivity index (χ0v) is 26.1. The Hall–Kier alpha value is -2.59. The van der Waals surface area contributed by atoms with E-state index in [-0.39, 0.29) is 36.4 Å². The van der Waals surface area contributed by atoms with Crippen LogP contribution in [0.25, 0.3) is 6.08 Å². The van der Waals surface area contributed by atoms with Crippen molar-refractivity contribution in [3.63, 3.8) is 0 Å². The van der Waals surface area contributed by atoms with Gasteiger partial charge in [0.25, 0.3) is 0 Å². The molecule has 2 amide bonds. The van der Waals surface area contributed by atoms with Gasteiger partial charge in [0.1, 0.15) is 5.41 Å². The van der Waals surface area contributed by atoms with Crippen LogP contribution in [0.3, 0.4) is 0 Å². The van der Waals surface area contributed by atoms with E-state index in [1.807, 2.05) is 49.4 Å². The number of allylic oxidation sites excluding steroid dienone is 1. The van der Waals surface area contributed by atoms with E-state index in [1.165, 1.54) is 0 Å². The van der Waals surface area contributed by atoms with Gasteiger partial charge in [-0.15, -0.1) is 0 Å². The summed E-state index contributed by atoms with van der Waals surface area (Å²) in [4.78, 5) is 46.7. The number of amides is 2. The largest absolute Gasteiger partial charge is 0.350 e. The molecule has 9 heteroatoms. The second kappa shape index (κ2) is 18.8. The molecule has 42 heavy (non-hydrogen) atoms. The van der Waals surface area contributed by atoms with Crippen LogP contribution < -0.4 is 22.5 Å². The number of ether oxygens (including phenoxy) is 1. The van der Waals surface area contributed by atoms with Crippen molar-refractivity contribution >= 4 is 23.7 Å². The van der Waals surface area contributed by atoms with Gasteiger partial charge in [0.15, 0.2) is 12.1 Å². The fraction of sp³-hybridized carbons (Fsp3) is 0.667. The van der Waals surface area contributed by atoms with Crippen LogP contribution in [0.5, 0.6) is 0 Å². The molecule has 9 nitrogen and oxygen atoms in total. The molecule has 1 aromatic carbocycles. The number of nitrogens with two attached hydrogens (primary N) is 2. The number of hydrogen-bond acceptors (Lipinski definition) is 7. The predicted octanol–water partition coefficient (Wildman–Crippen LogP) is 5.20. The van der Waals surface area contributed by atoms with Gasteiger partial charge in [-0.3, -0.25) is 19.8 Å². The van der Waals surface area contributed by atoms with Gasteiger partial charge in [0.05, 0.1) is 6.04 Å². The fourth-order valence-electron chi connectivity index (χ4n) is 6.10. The molecule has 0 spiro atoms. The first kappa shape index (κ1) is 35.6. The van der Waals surface area contributed by atoms with E-state index in [1.54, 1.807) is 6.92 Å². The van der Waals surface area contributed by atoms with Crippen molar-refractivity contribution in [1.82, 2.24) is 10.9 Å². The first-order valence-electron chi connectivity index (χ1n) is 15.8. The quantitative estimate of drug-likeness (QED) is 0.0755. The van der Waals surface area contributed by atoms with Crippen molar-refractivity contribution in [2.45, 2.75) is 111 Å². The predicted molar refractivity (Wildman–Crippen MR) is 166 cm³/mol. The number of carbonyl (C=O) groups excluding carboxylic acids is 3. The van der Waals surface area contributed by atoms with Gasteiger partial charge in [-0.25, -0.2) is 16.2 Å². The summed E-state index contributed by atoms with van der Waals surface area (Å²) in [7, 11) is 0. The Morgan fingerprint density at radius 3 is 2.48 bits per heavy atom. The molecule has 2 rings (SSSR count). The van der Waals surface area contributed by atoms with Crippen LogP contribution >= 0.6 is 0 Å². The van der Waals surface area contributed by atoms with E-state index in [9.17, 15) is 14.4 Å². The SMILES string of the molecule is CCCCC(C)C[C@H](CC(CCC)(C(=O)NN)C(=O)[C@@H](C)N)[C@H](C/C=C/c1ccccc1)C(=O)NOC1CCCCO1. The van der Waals surface area contributed by atoms with Gasteiger partial charge >= 0.3 is 0 Å². The molecule has 6 N–H and O–H groups in total. The maximum absolute atomic E-state index is 13.9. The lowest BCUT2D eigenvalue weighted by molar-refractivity contribution is -0.203. The average Bonchev–Trinajstić information content (AvgIpc) is 3.00. The molecule has 1 aliphatic heterocycles. The van der Waals surface area contributed by atoms with Crippen LogP contribution in [0.2, 0.25) is 0 Å². The molecular formula is C33H54N4O5. The molecule has 0 bridgehead atoms. The number of nitrogens with one attached hydrogen (secondary N) is 2. The number of unbranched alkanes of at least 4 members (excludes halogenated alkanes) is 1. The highest BCUT2D eigenvalue weighted by atomic mass is 16.8. The Labute approximate surface area is 252 Å². The van der Waals surface area contributed by atoms with E-state index < -0.39 is 29.6 Å². The van der Waals surface area contributed by atoms with Gasteiger partial charge in [-0.1, -0.05) is 88.9 Å². The molecule has 1 fully saturated rings. The molecule has 1 aliphatic rings. The summed E-state index contributed by atoms with van der Waals surface area (Å²) in [6, 6.07) is 9.02. The molecule has 0 aromatic heterocycles. The zero-order chi connectivity index (χ0) is 31.0. The molecule has 0 radical (unpaired) electrons. The fourth-order valence-corrected chi connectivity index (χ4v) is 6.10. The topological polar surface area (TPSA) is 146 Å². The van der Waals surface area contributed by atoms with Crippen LogP contribution in [0.15, 0.2) is 36.4 Å². The van der Waals surface area contributed by atoms with Crippen LogP contribution in [-0.4, -0.2) is 36.5 Å². The second-order valence-corrected chi connectivity index (χ2v) is 11.9. The van der Waals surface area contributed by atoms with E-state index in [0.29, 0.717) is 32.3 Å². The lowest BCUT2D eigenvalue weighted by atomic mass is 9.65. The highest BCUT2D eigenvalue weighted by Gasteiger charge is 2.49. The zero-order valence-electron chi connectivity index (χ0n) is 26.1. The van der Waals surface area contributed by atoms with Crippen LogP contribution in [0.1, 0.15) is 104 Å². The number of hydroxylamine groups is 1. The van der Waals surface area contributed by atoms with Gasteiger partial charge < -0.3 is 10.5 Å². The van der Waals surface area contributed by atoms with Crippen molar-refractivity contribution in [3.8, 4) is 0 Å². The smallest absolute Gasteiger partial charge is 0.247 e. The number of hydrogen-bond donors (Lipinski definition) is 4. The summed E-state index contributed by atoms with van der Waals surface area (Å²) in [6.07, 6.45) is 11.3. The second-order valence-electron chi connectivity index (χ2n) is 11.9. The normalized spacial score (nSPS) is 19.8. The molecule has 3 unspecified atom stereocenters. The molecule has 1 heterocycles. The Kier molecular flexibility index (Phi) is 16.0. The molecule has 6 atom stereocenters. The minimum Gasteiger partial charge on any atom is -0.350 e. The maximum Gasteiger partial charge on any atom is 0.247 e. The first-order valence-corrected chi connectivity index (χ1v) is 15.8. The molecular weight excluding hydrogens is 532 g/mol. The van der Waals surface area contributed by atoms with Crippen molar-refractivity contribution in [2.24, 2.45) is 34.7 Å². The number of hydrazine groups is 1. The minimum absolute atomic E-state index is 0.165. The summed E-state index contributed by atoms with van der Waals surface area (Å²) >= 11 is 0. The third-order valence-electron chi connectivity index (χ3n) is 8.33. The summed E-state index contributed by atoms with van der Waals surface area (Å²) in [5.74, 6) is 3.85. The lowest BCUT2D eigenvalue weighted by Gasteiger charge is -2.38. The van der Waals surface area contributed by atoms with E-state index in [2.05, 4.69) is 24.8 Å². The van der Waals surface area contributed by atoms with Crippen molar-refractivity contribution in [1.29, 1.82) is 0 Å². The number of ketones is 1. The maximum atomic E-state index is 13.9. The van der Waals surface area contributed by atoms with Gasteiger partial charge in [-0.2, -0.15) is 0 Å². The molecule has 1 saturated heterocycles. The van der Waals surface area contributed by atoms with Gasteiger partial charge in [-0.05, 0) is 62.8 Å². The Morgan fingerprint density at radius 2 is 1.88 bits per heavy atom. The number of benzene rings is 1. The van der Waals surface area contributed by atoms with Crippen molar-refractivity contribution < 1.29 is 24.0 Å². The highest BCUT2D eigenvalue weighted by molar-refractivity contribution is 6.08. The van der Waals surface area contributed by atoms with Crippen LogP contribution in [0.4, 0.5) is 0 Å². The third kappa shape index (κ3) is 10.9. The Bertz CT molecular complexity index is 980. The van der Waals surface area contributed by atoms with Gasteiger partial charge in [0.2, 0.25) is 11.8 Å². The summed E-state index contributed by atoms with van der Waals surface area (Å²) in [6.45, 7) is 8.44. The van der Waals surface area contributed by atoms with E-state index in [0.717, 1.165) is 37.7 Å². The molecule has 236 valence electrons. The molecule has 0 saturated carbocycles. The monoisotopic (exact) mass is 586 g/mol. The molecule has 0 aliphatic carbocycles. The summed E-state index contributed by atoms with van der Waals surface area (Å²) in [5, 5.41) is 0. The average molecular weight is 587 g/mol. The standard InChI is InChI=1S/C33H54N4O5/c1-5-7-14-24(3)22-27(23-33(20-6-2,32(40)36-35)30(38)25(4)34)28(18-13-17-26-15-9-8-10-16-26)31(39)37-42-29-19-11-12-21-41-29/h8-10,13,15-17,24-25,27-29H,5-7,11-12,14,18-23,34-35H2,1-4H3,(H,36,40)(H,37,39)/b17-13+/t24?,25-,27-,28+,29?,33?/m1/s1. The first-order chi connectivity index (χ1) is 20.2. The number of carbonyl (C=O) groups is 3. The van der Waals surface area contributed by atoms with E-state index in [4.69, 9.17) is 21.2 Å². The van der Waals surface area contributed by atoms with Crippen LogP contribution in [-0.2, 0) is 24.0 Å². The summed E-state index contributed by atoms with van der Waals surface area (Å²) in [5.41, 5.74) is 10.6.